The number of nitrogens with one attached hydrogen (secondary N) is 2. The number of rotatable bonds is 5. The summed E-state index contributed by atoms with van der Waals surface area (Å²) in [7, 11) is -3.81. The highest BCUT2D eigenvalue weighted by molar-refractivity contribution is 7.92. The van der Waals surface area contributed by atoms with Crippen molar-refractivity contribution in [2.24, 2.45) is 0 Å². The molecule has 1 aromatic heterocycles. The molecule has 0 radical (unpaired) electrons. The molecule has 136 valence electrons. The maximum atomic E-state index is 12.4. The quantitative estimate of drug-likeness (QED) is 0.645. The van der Waals surface area contributed by atoms with E-state index in [0.29, 0.717) is 15.6 Å². The molecule has 1 amide bonds. The predicted octanol–water partition coefficient (Wildman–Crippen LogP) is 4.33. The molecule has 2 N–H and O–H groups in total. The summed E-state index contributed by atoms with van der Waals surface area (Å²) in [4.78, 5) is 12.5. The second-order valence-corrected chi connectivity index (χ2v) is 8.40. The van der Waals surface area contributed by atoms with Crippen LogP contribution in [0.3, 0.4) is 0 Å². The number of benzene rings is 2. The molecule has 2 aromatic carbocycles. The average Bonchev–Trinajstić information content (AvgIpc) is 3.09. The van der Waals surface area contributed by atoms with E-state index in [1.807, 2.05) is 6.07 Å². The third-order valence-corrected chi connectivity index (χ3v) is 5.99. The van der Waals surface area contributed by atoms with Crippen molar-refractivity contribution in [3.05, 3.63) is 76.1 Å². The Morgan fingerprint density at radius 3 is 2.56 bits per heavy atom. The van der Waals surface area contributed by atoms with Gasteiger partial charge in [0.15, 0.2) is 0 Å². The number of nitrogens with zero attached hydrogens (tertiary/aromatic N) is 1. The minimum Gasteiger partial charge on any atom is -0.312 e. The van der Waals surface area contributed by atoms with Gasteiger partial charge in [-0.25, -0.2) is 8.42 Å². The molecule has 0 bridgehead atoms. The van der Waals surface area contributed by atoms with Gasteiger partial charge in [0, 0.05) is 16.3 Å². The van der Waals surface area contributed by atoms with E-state index in [0.717, 1.165) is 0 Å². The van der Waals surface area contributed by atoms with Crippen LogP contribution in [-0.4, -0.2) is 14.3 Å². The van der Waals surface area contributed by atoms with Gasteiger partial charge in [0.05, 0.1) is 10.5 Å². The van der Waals surface area contributed by atoms with Crippen LogP contribution in [0, 0.1) is 11.3 Å². The second kappa shape index (κ2) is 7.80. The lowest BCUT2D eigenvalue weighted by Gasteiger charge is -2.10. The zero-order valence-electron chi connectivity index (χ0n) is 13.6. The van der Waals surface area contributed by atoms with Crippen LogP contribution in [0.5, 0.6) is 0 Å². The number of halogens is 1. The molecular weight excluding hydrogens is 406 g/mol. The second-order valence-electron chi connectivity index (χ2n) is 5.37. The van der Waals surface area contributed by atoms with Crippen LogP contribution in [-0.2, 0) is 10.0 Å². The van der Waals surface area contributed by atoms with Crippen LogP contribution in [0.2, 0.25) is 5.02 Å². The van der Waals surface area contributed by atoms with Crippen LogP contribution in [0.25, 0.3) is 0 Å². The molecule has 0 saturated carbocycles. The zero-order valence-corrected chi connectivity index (χ0v) is 16.0. The molecule has 0 spiro atoms. The van der Waals surface area contributed by atoms with E-state index in [1.165, 1.54) is 47.7 Å². The maximum Gasteiger partial charge on any atom is 0.261 e. The number of sulfonamides is 1. The lowest BCUT2D eigenvalue weighted by molar-refractivity contribution is 0.102. The van der Waals surface area contributed by atoms with Crippen molar-refractivity contribution in [1.82, 2.24) is 0 Å². The zero-order chi connectivity index (χ0) is 19.4. The van der Waals surface area contributed by atoms with Crippen molar-refractivity contribution in [1.29, 1.82) is 5.26 Å². The average molecular weight is 418 g/mol. The largest absolute Gasteiger partial charge is 0.312 e. The molecule has 0 fully saturated rings. The summed E-state index contributed by atoms with van der Waals surface area (Å²) < 4.78 is 27.3. The third kappa shape index (κ3) is 4.46. The molecule has 6 nitrogen and oxygen atoms in total. The Morgan fingerprint density at radius 2 is 1.85 bits per heavy atom. The van der Waals surface area contributed by atoms with Gasteiger partial charge >= 0.3 is 0 Å². The highest BCUT2D eigenvalue weighted by Crippen LogP contribution is 2.24. The first-order chi connectivity index (χ1) is 12.9. The number of thiophene rings is 1. The molecule has 0 aliphatic rings. The van der Waals surface area contributed by atoms with Gasteiger partial charge in [-0.15, -0.1) is 11.3 Å². The lowest BCUT2D eigenvalue weighted by Crippen LogP contribution is -2.15. The van der Waals surface area contributed by atoms with Crippen LogP contribution in [0.1, 0.15) is 15.9 Å². The standard InChI is InChI=1S/C18H12ClN3O3S2/c19-14-4-6-16(7-5-14)27(24,25)22-15-3-1-2-12(10-15)17(23)21-18-13(11-20)8-9-26-18/h1-10,22H,(H,21,23). The van der Waals surface area contributed by atoms with E-state index in [4.69, 9.17) is 16.9 Å². The van der Waals surface area contributed by atoms with Crippen LogP contribution >= 0.6 is 22.9 Å². The fourth-order valence-electron chi connectivity index (χ4n) is 2.22. The topological polar surface area (TPSA) is 99.1 Å². The predicted molar refractivity (Wildman–Crippen MR) is 106 cm³/mol. The van der Waals surface area contributed by atoms with Crippen molar-refractivity contribution in [2.45, 2.75) is 4.90 Å². The van der Waals surface area contributed by atoms with Crippen molar-refractivity contribution >= 4 is 49.6 Å². The number of hydrogen-bond acceptors (Lipinski definition) is 5. The molecular formula is C18H12ClN3O3S2. The summed E-state index contributed by atoms with van der Waals surface area (Å²) in [5.74, 6) is -0.443. The Morgan fingerprint density at radius 1 is 1.11 bits per heavy atom. The monoisotopic (exact) mass is 417 g/mol. The number of nitriles is 1. The molecule has 0 unspecified atom stereocenters. The van der Waals surface area contributed by atoms with Gasteiger partial charge in [-0.3, -0.25) is 9.52 Å². The molecule has 3 aromatic rings. The Balaban J connectivity index is 1.80. The first-order valence-electron chi connectivity index (χ1n) is 7.56. The number of carbonyl (C=O) groups is 1. The van der Waals surface area contributed by atoms with E-state index >= 15 is 0 Å². The van der Waals surface area contributed by atoms with Crippen molar-refractivity contribution in [3.63, 3.8) is 0 Å². The fourth-order valence-corrected chi connectivity index (χ4v) is 4.13. The van der Waals surface area contributed by atoms with Gasteiger partial charge in [-0.2, -0.15) is 5.26 Å². The van der Waals surface area contributed by atoms with Gasteiger partial charge < -0.3 is 5.32 Å². The number of hydrogen-bond donors (Lipinski definition) is 2. The third-order valence-electron chi connectivity index (χ3n) is 3.51. The summed E-state index contributed by atoms with van der Waals surface area (Å²) >= 11 is 7.01. The molecule has 0 saturated heterocycles. The fraction of sp³-hybridized carbons (Fsp3) is 0. The Bertz CT molecular complexity index is 1130. The number of amides is 1. The van der Waals surface area contributed by atoms with Crippen LogP contribution < -0.4 is 10.0 Å². The van der Waals surface area contributed by atoms with Crippen molar-refractivity contribution in [3.8, 4) is 6.07 Å². The summed E-state index contributed by atoms with van der Waals surface area (Å²) in [6.07, 6.45) is 0. The summed E-state index contributed by atoms with van der Waals surface area (Å²) in [6, 6.07) is 15.4. The minimum atomic E-state index is -3.81. The molecule has 9 heteroatoms. The minimum absolute atomic E-state index is 0.0546. The van der Waals surface area contributed by atoms with E-state index < -0.39 is 15.9 Å². The normalized spacial score (nSPS) is 10.8. The van der Waals surface area contributed by atoms with E-state index in [9.17, 15) is 13.2 Å². The SMILES string of the molecule is N#Cc1ccsc1NC(=O)c1cccc(NS(=O)(=O)c2ccc(Cl)cc2)c1. The molecule has 3 rings (SSSR count). The first kappa shape index (κ1) is 18.9. The van der Waals surface area contributed by atoms with Gasteiger partial charge in [0.2, 0.25) is 0 Å². The Hall–Kier alpha value is -2.86. The smallest absolute Gasteiger partial charge is 0.261 e. The maximum absolute atomic E-state index is 12.4. The van der Waals surface area contributed by atoms with E-state index in [-0.39, 0.29) is 16.1 Å². The number of carbonyl (C=O) groups excluding carboxylic acids is 1. The van der Waals surface area contributed by atoms with Gasteiger partial charge in [-0.05, 0) is 53.9 Å². The van der Waals surface area contributed by atoms with Crippen molar-refractivity contribution < 1.29 is 13.2 Å². The Labute approximate surface area is 165 Å². The summed E-state index contributed by atoms with van der Waals surface area (Å²) in [5.41, 5.74) is 0.862. The van der Waals surface area contributed by atoms with Gasteiger partial charge in [0.25, 0.3) is 15.9 Å². The summed E-state index contributed by atoms with van der Waals surface area (Å²) in [6.45, 7) is 0. The first-order valence-corrected chi connectivity index (χ1v) is 10.3. The molecule has 1 heterocycles. The number of anilines is 2. The van der Waals surface area contributed by atoms with Crippen LogP contribution in [0.15, 0.2) is 64.9 Å². The van der Waals surface area contributed by atoms with Gasteiger partial charge in [0.1, 0.15) is 11.1 Å². The van der Waals surface area contributed by atoms with E-state index in [1.54, 1.807) is 23.6 Å². The Kier molecular flexibility index (Phi) is 5.46. The highest BCUT2D eigenvalue weighted by Gasteiger charge is 2.16. The highest BCUT2D eigenvalue weighted by atomic mass is 35.5. The van der Waals surface area contributed by atoms with Gasteiger partial charge in [-0.1, -0.05) is 17.7 Å². The lowest BCUT2D eigenvalue weighted by atomic mass is 10.2. The van der Waals surface area contributed by atoms with Crippen LogP contribution in [0.4, 0.5) is 10.7 Å². The van der Waals surface area contributed by atoms with Crippen molar-refractivity contribution in [2.75, 3.05) is 10.0 Å². The molecule has 0 aliphatic heterocycles. The summed E-state index contributed by atoms with van der Waals surface area (Å²) in [5, 5.41) is 14.2. The van der Waals surface area contributed by atoms with E-state index in [2.05, 4.69) is 10.0 Å². The molecule has 0 atom stereocenters. The molecule has 0 aliphatic carbocycles. The molecule has 27 heavy (non-hydrogen) atoms.